The first-order valence-corrected chi connectivity index (χ1v) is 8.17. The highest BCUT2D eigenvalue weighted by atomic mass is 19.4. The van der Waals surface area contributed by atoms with Gasteiger partial charge in [-0.25, -0.2) is 4.79 Å². The molecule has 0 spiro atoms. The van der Waals surface area contributed by atoms with Crippen LogP contribution in [0.15, 0.2) is 36.4 Å². The highest BCUT2D eigenvalue weighted by molar-refractivity contribution is 5.86. The number of carbonyl (C=O) groups is 1. The normalized spacial score (nSPS) is 11.2. The monoisotopic (exact) mass is 383 g/mol. The molecule has 5 nitrogen and oxygen atoms in total. The third-order valence-corrected chi connectivity index (χ3v) is 4.02. The van der Waals surface area contributed by atoms with Gasteiger partial charge in [-0.05, 0) is 37.1 Å². The summed E-state index contributed by atoms with van der Waals surface area (Å²) >= 11 is 0. The van der Waals surface area contributed by atoms with E-state index in [1.165, 1.54) is 18.2 Å². The van der Waals surface area contributed by atoms with Gasteiger partial charge in [0.2, 0.25) is 0 Å². The van der Waals surface area contributed by atoms with Gasteiger partial charge in [0, 0.05) is 5.56 Å². The van der Waals surface area contributed by atoms with E-state index in [-0.39, 0.29) is 18.0 Å². The SMILES string of the molecule is CCc1cccc(N(O)C(=O)OC)c1COc1ccc(C)cc1C(F)(F)F. The van der Waals surface area contributed by atoms with Gasteiger partial charge >= 0.3 is 12.3 Å². The van der Waals surface area contributed by atoms with Crippen LogP contribution in [0.4, 0.5) is 23.7 Å². The summed E-state index contributed by atoms with van der Waals surface area (Å²) in [5, 5.41) is 10.3. The van der Waals surface area contributed by atoms with Gasteiger partial charge in [0.25, 0.3) is 0 Å². The first kappa shape index (κ1) is 20.6. The van der Waals surface area contributed by atoms with Crippen molar-refractivity contribution in [3.63, 3.8) is 0 Å². The van der Waals surface area contributed by atoms with Gasteiger partial charge in [-0.2, -0.15) is 18.2 Å². The lowest BCUT2D eigenvalue weighted by Gasteiger charge is -2.21. The number of methoxy groups -OCH3 is 1. The zero-order valence-electron chi connectivity index (χ0n) is 15.1. The second kappa shape index (κ2) is 8.30. The van der Waals surface area contributed by atoms with Crippen LogP contribution in [0.1, 0.15) is 29.2 Å². The minimum Gasteiger partial charge on any atom is -0.488 e. The minimum atomic E-state index is -4.57. The Morgan fingerprint density at radius 1 is 1.22 bits per heavy atom. The number of anilines is 1. The van der Waals surface area contributed by atoms with Crippen LogP contribution in [0.2, 0.25) is 0 Å². The largest absolute Gasteiger partial charge is 0.488 e. The highest BCUT2D eigenvalue weighted by Gasteiger charge is 2.34. The smallest absolute Gasteiger partial charge is 0.438 e. The van der Waals surface area contributed by atoms with Crippen LogP contribution in [-0.4, -0.2) is 18.4 Å². The summed E-state index contributed by atoms with van der Waals surface area (Å²) in [6.45, 7) is 3.14. The Labute approximate surface area is 154 Å². The number of rotatable bonds is 5. The van der Waals surface area contributed by atoms with Crippen molar-refractivity contribution in [3.05, 3.63) is 58.7 Å². The molecule has 0 aliphatic heterocycles. The third kappa shape index (κ3) is 4.71. The molecule has 0 saturated carbocycles. The second-order valence-corrected chi connectivity index (χ2v) is 5.84. The maximum atomic E-state index is 13.3. The Bertz CT molecular complexity index is 821. The average Bonchev–Trinajstić information content (AvgIpc) is 2.64. The Kier molecular flexibility index (Phi) is 6.32. The molecule has 1 amide bonds. The maximum absolute atomic E-state index is 13.3. The lowest BCUT2D eigenvalue weighted by atomic mass is 10.0. The van der Waals surface area contributed by atoms with E-state index < -0.39 is 17.8 Å². The molecule has 0 radical (unpaired) electrons. The van der Waals surface area contributed by atoms with Crippen LogP contribution in [0.3, 0.4) is 0 Å². The number of aryl methyl sites for hydroxylation is 2. The number of nitrogens with zero attached hydrogens (tertiary/aromatic N) is 1. The first-order chi connectivity index (χ1) is 12.7. The summed E-state index contributed by atoms with van der Waals surface area (Å²) in [6, 6.07) is 8.60. The van der Waals surface area contributed by atoms with E-state index in [0.29, 0.717) is 22.6 Å². The number of hydrogen-bond acceptors (Lipinski definition) is 4. The van der Waals surface area contributed by atoms with Crippen LogP contribution in [-0.2, 0) is 23.9 Å². The van der Waals surface area contributed by atoms with Gasteiger partial charge in [-0.3, -0.25) is 5.21 Å². The topological polar surface area (TPSA) is 59.0 Å². The average molecular weight is 383 g/mol. The molecule has 0 saturated heterocycles. The number of amides is 1. The van der Waals surface area contributed by atoms with Crippen LogP contribution in [0.5, 0.6) is 5.75 Å². The van der Waals surface area contributed by atoms with Crippen LogP contribution in [0.25, 0.3) is 0 Å². The summed E-state index contributed by atoms with van der Waals surface area (Å²) in [5.74, 6) is -0.326. The van der Waals surface area contributed by atoms with Crippen molar-refractivity contribution in [1.82, 2.24) is 0 Å². The third-order valence-electron chi connectivity index (χ3n) is 4.02. The number of ether oxygens (including phenoxy) is 2. The molecule has 1 N–H and O–H groups in total. The molecular weight excluding hydrogens is 363 g/mol. The molecule has 0 atom stereocenters. The summed E-state index contributed by atoms with van der Waals surface area (Å²) in [6.07, 6.45) is -5.05. The highest BCUT2D eigenvalue weighted by Crippen LogP contribution is 2.37. The van der Waals surface area contributed by atoms with Crippen molar-refractivity contribution < 1.29 is 32.6 Å². The molecule has 2 rings (SSSR count). The van der Waals surface area contributed by atoms with Gasteiger partial charge in [0.1, 0.15) is 12.4 Å². The molecule has 146 valence electrons. The summed E-state index contributed by atoms with van der Waals surface area (Å²) in [7, 11) is 1.10. The summed E-state index contributed by atoms with van der Waals surface area (Å²) in [4.78, 5) is 11.6. The van der Waals surface area contributed by atoms with E-state index in [2.05, 4.69) is 4.74 Å². The standard InChI is InChI=1S/C19H20F3NO4/c1-4-13-6-5-7-16(23(25)18(24)26-3)14(13)11-27-17-9-8-12(2)10-15(17)19(20,21)22/h5-10,25H,4,11H2,1-3H3. The Hall–Kier alpha value is -2.74. The van der Waals surface area contributed by atoms with Crippen LogP contribution >= 0.6 is 0 Å². The number of carbonyl (C=O) groups excluding carboxylic acids is 1. The molecule has 2 aromatic carbocycles. The van der Waals surface area contributed by atoms with Gasteiger partial charge in [-0.15, -0.1) is 0 Å². The predicted octanol–water partition coefficient (Wildman–Crippen LogP) is 5.12. The molecule has 0 bridgehead atoms. The van der Waals surface area contributed by atoms with Crippen LogP contribution < -0.4 is 9.80 Å². The van der Waals surface area contributed by atoms with Crippen molar-refractivity contribution in [2.75, 3.05) is 12.2 Å². The number of hydroxylamine groups is 1. The molecule has 2 aromatic rings. The van der Waals surface area contributed by atoms with E-state index in [0.717, 1.165) is 18.7 Å². The number of alkyl halides is 3. The van der Waals surface area contributed by atoms with Gasteiger partial charge in [0.05, 0.1) is 18.4 Å². The molecule has 0 heterocycles. The fourth-order valence-corrected chi connectivity index (χ4v) is 2.64. The lowest BCUT2D eigenvalue weighted by Crippen LogP contribution is -2.28. The maximum Gasteiger partial charge on any atom is 0.438 e. The van der Waals surface area contributed by atoms with E-state index in [4.69, 9.17) is 4.74 Å². The van der Waals surface area contributed by atoms with Gasteiger partial charge < -0.3 is 9.47 Å². The molecule has 0 aromatic heterocycles. The van der Waals surface area contributed by atoms with E-state index in [1.54, 1.807) is 19.1 Å². The number of halogens is 3. The van der Waals surface area contributed by atoms with Crippen molar-refractivity contribution in [2.45, 2.75) is 33.1 Å². The zero-order valence-corrected chi connectivity index (χ0v) is 15.1. The molecule has 0 fully saturated rings. The summed E-state index contributed by atoms with van der Waals surface area (Å²) in [5.41, 5.74) is 0.767. The van der Waals surface area contributed by atoms with E-state index in [9.17, 15) is 23.2 Å². The molecule has 0 unspecified atom stereocenters. The molecule has 8 heteroatoms. The first-order valence-electron chi connectivity index (χ1n) is 8.17. The predicted molar refractivity (Wildman–Crippen MR) is 93.0 cm³/mol. The van der Waals surface area contributed by atoms with Crippen molar-refractivity contribution in [2.24, 2.45) is 0 Å². The fourth-order valence-electron chi connectivity index (χ4n) is 2.64. The van der Waals surface area contributed by atoms with E-state index in [1.807, 2.05) is 6.92 Å². The summed E-state index contributed by atoms with van der Waals surface area (Å²) < 4.78 is 49.7. The molecule has 0 aliphatic carbocycles. The minimum absolute atomic E-state index is 0.0851. The zero-order chi connectivity index (χ0) is 20.2. The Morgan fingerprint density at radius 3 is 2.52 bits per heavy atom. The van der Waals surface area contributed by atoms with Gasteiger partial charge in [0.15, 0.2) is 0 Å². The molecular formula is C19H20F3NO4. The quantitative estimate of drug-likeness (QED) is 0.575. The Morgan fingerprint density at radius 2 is 1.93 bits per heavy atom. The fraction of sp³-hybridized carbons (Fsp3) is 0.316. The second-order valence-electron chi connectivity index (χ2n) is 5.84. The van der Waals surface area contributed by atoms with E-state index >= 15 is 0 Å². The van der Waals surface area contributed by atoms with Crippen molar-refractivity contribution in [3.8, 4) is 5.75 Å². The van der Waals surface area contributed by atoms with Crippen molar-refractivity contribution in [1.29, 1.82) is 0 Å². The van der Waals surface area contributed by atoms with Gasteiger partial charge in [-0.1, -0.05) is 30.7 Å². The lowest BCUT2D eigenvalue weighted by molar-refractivity contribution is -0.139. The van der Waals surface area contributed by atoms with Crippen molar-refractivity contribution >= 4 is 11.8 Å². The Balaban J connectivity index is 2.40. The van der Waals surface area contributed by atoms with Crippen LogP contribution in [0, 0.1) is 6.92 Å². The number of benzene rings is 2. The molecule has 27 heavy (non-hydrogen) atoms. The molecule has 0 aliphatic rings. The number of hydrogen-bond donors (Lipinski definition) is 1.